The van der Waals surface area contributed by atoms with Gasteiger partial charge in [0, 0.05) is 14.5 Å². The fourth-order valence-electron chi connectivity index (χ4n) is 1.50. The van der Waals surface area contributed by atoms with Crippen molar-refractivity contribution >= 4 is 37.6 Å². The molecule has 92 valence electrons. The minimum atomic E-state index is -1.13. The third-order valence-electron chi connectivity index (χ3n) is 2.37. The van der Waals surface area contributed by atoms with Gasteiger partial charge < -0.3 is 0 Å². The lowest BCUT2D eigenvalue weighted by atomic mass is 10.0. The highest BCUT2D eigenvalue weighted by molar-refractivity contribution is 9.11. The van der Waals surface area contributed by atoms with E-state index in [-0.39, 0.29) is 11.1 Å². The fraction of sp³-hybridized carbons (Fsp3) is 0. The molecule has 2 rings (SSSR count). The molecule has 0 unspecified atom stereocenters. The van der Waals surface area contributed by atoms with Crippen molar-refractivity contribution in [3.8, 4) is 0 Å². The molecule has 0 aromatic heterocycles. The molecule has 0 spiro atoms. The second kappa shape index (κ2) is 5.28. The SMILES string of the molecule is O=C(c1ccc(Br)cc1Br)c1cccc(F)c1F. The molecule has 5 heteroatoms. The summed E-state index contributed by atoms with van der Waals surface area (Å²) in [6.45, 7) is 0. The first-order chi connectivity index (χ1) is 8.50. The minimum Gasteiger partial charge on any atom is -0.288 e. The van der Waals surface area contributed by atoms with Crippen molar-refractivity contribution in [2.75, 3.05) is 0 Å². The van der Waals surface area contributed by atoms with Crippen molar-refractivity contribution in [2.24, 2.45) is 0 Å². The molecular weight excluding hydrogens is 370 g/mol. The maximum absolute atomic E-state index is 13.5. The summed E-state index contributed by atoms with van der Waals surface area (Å²) in [6.07, 6.45) is 0. The lowest BCUT2D eigenvalue weighted by Crippen LogP contribution is -2.06. The Morgan fingerprint density at radius 2 is 1.72 bits per heavy atom. The molecule has 18 heavy (non-hydrogen) atoms. The Labute approximate surface area is 119 Å². The van der Waals surface area contributed by atoms with Crippen LogP contribution >= 0.6 is 31.9 Å². The molecule has 0 saturated heterocycles. The monoisotopic (exact) mass is 374 g/mol. The predicted molar refractivity (Wildman–Crippen MR) is 71.6 cm³/mol. The molecule has 2 aromatic rings. The maximum Gasteiger partial charge on any atom is 0.197 e. The van der Waals surface area contributed by atoms with Crippen LogP contribution in [0.4, 0.5) is 8.78 Å². The smallest absolute Gasteiger partial charge is 0.197 e. The van der Waals surface area contributed by atoms with Crippen LogP contribution in [0, 0.1) is 11.6 Å². The van der Waals surface area contributed by atoms with Crippen LogP contribution in [0.3, 0.4) is 0 Å². The topological polar surface area (TPSA) is 17.1 Å². The second-order valence-electron chi connectivity index (χ2n) is 3.55. The number of benzene rings is 2. The highest BCUT2D eigenvalue weighted by atomic mass is 79.9. The normalized spacial score (nSPS) is 10.4. The number of halogens is 4. The Bertz CT molecular complexity index is 626. The summed E-state index contributed by atoms with van der Waals surface area (Å²) >= 11 is 6.47. The summed E-state index contributed by atoms with van der Waals surface area (Å²) in [5, 5.41) is 0. The summed E-state index contributed by atoms with van der Waals surface area (Å²) in [6, 6.07) is 8.41. The number of ketones is 1. The van der Waals surface area contributed by atoms with E-state index in [1.165, 1.54) is 12.1 Å². The van der Waals surface area contributed by atoms with Gasteiger partial charge in [0.1, 0.15) is 0 Å². The zero-order valence-corrected chi connectivity index (χ0v) is 12.1. The Kier molecular flexibility index (Phi) is 3.92. The molecular formula is C13H6Br2F2O. The average Bonchev–Trinajstić information content (AvgIpc) is 2.32. The van der Waals surface area contributed by atoms with E-state index in [0.717, 1.165) is 10.5 Å². The molecule has 0 aliphatic rings. The van der Waals surface area contributed by atoms with Gasteiger partial charge in [0.15, 0.2) is 17.4 Å². The van der Waals surface area contributed by atoms with Gasteiger partial charge in [0.25, 0.3) is 0 Å². The summed E-state index contributed by atoms with van der Waals surface area (Å²) in [5.41, 5.74) is 0.000669. The highest BCUT2D eigenvalue weighted by Crippen LogP contribution is 2.25. The molecule has 0 saturated carbocycles. The zero-order chi connectivity index (χ0) is 13.3. The number of carbonyl (C=O) groups excluding carboxylic acids is 1. The Hall–Kier alpha value is -1.07. The van der Waals surface area contributed by atoms with E-state index in [1.807, 2.05) is 0 Å². The second-order valence-corrected chi connectivity index (χ2v) is 5.32. The molecule has 0 radical (unpaired) electrons. The molecule has 0 aliphatic heterocycles. The van der Waals surface area contributed by atoms with Crippen LogP contribution in [0.15, 0.2) is 45.3 Å². The van der Waals surface area contributed by atoms with Gasteiger partial charge in [-0.15, -0.1) is 0 Å². The standard InChI is InChI=1S/C13H6Br2F2O/c14-7-4-5-8(10(15)6-7)13(18)9-2-1-3-11(16)12(9)17/h1-6H. The van der Waals surface area contributed by atoms with Gasteiger partial charge in [0.2, 0.25) is 0 Å². The Balaban J connectivity index is 2.51. The van der Waals surface area contributed by atoms with Crippen LogP contribution in [-0.2, 0) is 0 Å². The minimum absolute atomic E-state index is 0.280. The molecule has 0 aliphatic carbocycles. The maximum atomic E-state index is 13.5. The van der Waals surface area contributed by atoms with Gasteiger partial charge in [-0.3, -0.25) is 4.79 Å². The third-order valence-corrected chi connectivity index (χ3v) is 3.52. The summed E-state index contributed by atoms with van der Waals surface area (Å²) < 4.78 is 27.9. The van der Waals surface area contributed by atoms with E-state index in [2.05, 4.69) is 31.9 Å². The van der Waals surface area contributed by atoms with Crippen molar-refractivity contribution in [3.05, 3.63) is 68.1 Å². The van der Waals surface area contributed by atoms with Crippen molar-refractivity contribution in [1.82, 2.24) is 0 Å². The Morgan fingerprint density at radius 3 is 2.39 bits per heavy atom. The van der Waals surface area contributed by atoms with E-state index in [0.29, 0.717) is 4.47 Å². The van der Waals surface area contributed by atoms with Gasteiger partial charge >= 0.3 is 0 Å². The van der Waals surface area contributed by atoms with Crippen LogP contribution in [-0.4, -0.2) is 5.78 Å². The number of carbonyl (C=O) groups is 1. The first-order valence-electron chi connectivity index (χ1n) is 4.94. The fourth-order valence-corrected chi connectivity index (χ4v) is 2.72. The molecule has 0 fully saturated rings. The third kappa shape index (κ3) is 2.52. The van der Waals surface area contributed by atoms with E-state index >= 15 is 0 Å². The van der Waals surface area contributed by atoms with E-state index in [1.54, 1.807) is 18.2 Å². The van der Waals surface area contributed by atoms with Crippen LogP contribution in [0.5, 0.6) is 0 Å². The molecule has 1 nitrogen and oxygen atoms in total. The lowest BCUT2D eigenvalue weighted by molar-refractivity contribution is 0.103. The molecule has 0 atom stereocenters. The predicted octanol–water partition coefficient (Wildman–Crippen LogP) is 4.72. The van der Waals surface area contributed by atoms with Gasteiger partial charge in [-0.2, -0.15) is 0 Å². The summed E-state index contributed by atoms with van der Waals surface area (Å²) in [7, 11) is 0. The van der Waals surface area contributed by atoms with Gasteiger partial charge in [-0.05, 0) is 46.3 Å². The largest absolute Gasteiger partial charge is 0.288 e. The lowest BCUT2D eigenvalue weighted by Gasteiger charge is -2.06. The number of rotatable bonds is 2. The van der Waals surface area contributed by atoms with Crippen LogP contribution < -0.4 is 0 Å². The molecule has 0 heterocycles. The van der Waals surface area contributed by atoms with E-state index < -0.39 is 17.4 Å². The Morgan fingerprint density at radius 1 is 1.00 bits per heavy atom. The van der Waals surface area contributed by atoms with Crippen LogP contribution in [0.2, 0.25) is 0 Å². The van der Waals surface area contributed by atoms with Crippen molar-refractivity contribution in [1.29, 1.82) is 0 Å². The van der Waals surface area contributed by atoms with Crippen molar-refractivity contribution < 1.29 is 13.6 Å². The number of hydrogen-bond donors (Lipinski definition) is 0. The van der Waals surface area contributed by atoms with Gasteiger partial charge in [-0.25, -0.2) is 8.78 Å². The van der Waals surface area contributed by atoms with Gasteiger partial charge in [-0.1, -0.05) is 22.0 Å². The molecule has 0 bridgehead atoms. The van der Waals surface area contributed by atoms with E-state index in [9.17, 15) is 13.6 Å². The summed E-state index contributed by atoms with van der Waals surface area (Å²) in [4.78, 5) is 12.1. The van der Waals surface area contributed by atoms with Crippen LogP contribution in [0.25, 0.3) is 0 Å². The number of hydrogen-bond acceptors (Lipinski definition) is 1. The molecule has 0 amide bonds. The van der Waals surface area contributed by atoms with Gasteiger partial charge in [0.05, 0.1) is 5.56 Å². The van der Waals surface area contributed by atoms with Crippen molar-refractivity contribution in [3.63, 3.8) is 0 Å². The average molecular weight is 376 g/mol. The first kappa shape index (κ1) is 13.4. The zero-order valence-electron chi connectivity index (χ0n) is 8.88. The van der Waals surface area contributed by atoms with Crippen LogP contribution in [0.1, 0.15) is 15.9 Å². The quantitative estimate of drug-likeness (QED) is 0.694. The molecule has 0 N–H and O–H groups in total. The van der Waals surface area contributed by atoms with Crippen molar-refractivity contribution in [2.45, 2.75) is 0 Å². The first-order valence-corrected chi connectivity index (χ1v) is 6.53. The summed E-state index contributed by atoms with van der Waals surface area (Å²) in [5.74, 6) is -2.72. The molecule has 2 aromatic carbocycles. The van der Waals surface area contributed by atoms with E-state index in [4.69, 9.17) is 0 Å². The highest BCUT2D eigenvalue weighted by Gasteiger charge is 2.18.